The molecule has 1 aliphatic rings. The van der Waals surface area contributed by atoms with Crippen LogP contribution in [0.15, 0.2) is 30.3 Å². The summed E-state index contributed by atoms with van der Waals surface area (Å²) in [6, 6.07) is 8.96. The van der Waals surface area contributed by atoms with Crippen molar-refractivity contribution in [3.8, 4) is 0 Å². The Labute approximate surface area is 125 Å². The first-order valence-corrected chi connectivity index (χ1v) is 7.06. The fraction of sp³-hybridized carbons (Fsp3) is 0.562. The van der Waals surface area contributed by atoms with Crippen LogP contribution in [0, 0.1) is 0 Å². The van der Waals surface area contributed by atoms with Crippen molar-refractivity contribution in [3.05, 3.63) is 35.9 Å². The maximum atomic E-state index is 11.6. The van der Waals surface area contributed by atoms with Crippen molar-refractivity contribution in [2.45, 2.75) is 58.1 Å². The molecule has 0 aromatic heterocycles. The molecule has 1 aromatic rings. The smallest absolute Gasteiger partial charge is 0.335 e. The van der Waals surface area contributed by atoms with Gasteiger partial charge >= 0.3 is 5.97 Å². The van der Waals surface area contributed by atoms with Gasteiger partial charge in [-0.2, -0.15) is 0 Å². The van der Waals surface area contributed by atoms with E-state index in [1.54, 1.807) is 5.06 Å². The molecule has 21 heavy (non-hydrogen) atoms. The van der Waals surface area contributed by atoms with E-state index in [9.17, 15) is 9.90 Å². The van der Waals surface area contributed by atoms with Gasteiger partial charge in [-0.3, -0.25) is 4.84 Å². The van der Waals surface area contributed by atoms with E-state index in [1.165, 1.54) is 0 Å². The molecule has 1 N–H and O–H groups in total. The highest BCUT2D eigenvalue weighted by Crippen LogP contribution is 2.43. The molecular weight excluding hydrogens is 270 g/mol. The Morgan fingerprint density at radius 2 is 1.86 bits per heavy atom. The average Bonchev–Trinajstić information content (AvgIpc) is 2.61. The van der Waals surface area contributed by atoms with Crippen molar-refractivity contribution < 1.29 is 19.5 Å². The van der Waals surface area contributed by atoms with Gasteiger partial charge in [0.1, 0.15) is 11.8 Å². The Balaban J connectivity index is 2.44. The van der Waals surface area contributed by atoms with Gasteiger partial charge in [0.15, 0.2) is 6.10 Å². The van der Waals surface area contributed by atoms with Gasteiger partial charge in [-0.25, -0.2) is 4.79 Å². The maximum absolute atomic E-state index is 11.6. The molecule has 0 amide bonds. The fourth-order valence-corrected chi connectivity index (χ4v) is 2.49. The number of hydroxylamine groups is 2. The van der Waals surface area contributed by atoms with E-state index in [-0.39, 0.29) is 0 Å². The zero-order chi connectivity index (χ0) is 15.8. The van der Waals surface area contributed by atoms with Crippen LogP contribution in [-0.4, -0.2) is 33.6 Å². The van der Waals surface area contributed by atoms with Gasteiger partial charge in [-0.05, 0) is 40.2 Å². The van der Waals surface area contributed by atoms with Crippen LogP contribution < -0.4 is 0 Å². The minimum Gasteiger partial charge on any atom is -0.479 e. The van der Waals surface area contributed by atoms with E-state index in [4.69, 9.17) is 9.57 Å². The second kappa shape index (κ2) is 5.40. The van der Waals surface area contributed by atoms with Gasteiger partial charge in [-0.1, -0.05) is 30.3 Å². The number of carboxylic acid groups (broad SMARTS) is 1. The van der Waals surface area contributed by atoms with E-state index >= 15 is 0 Å². The molecule has 2 atom stereocenters. The van der Waals surface area contributed by atoms with Gasteiger partial charge in [0, 0.05) is 0 Å². The second-order valence-electron chi connectivity index (χ2n) is 6.71. The Bertz CT molecular complexity index is 507. The number of hydrogen-bond acceptors (Lipinski definition) is 4. The Hall–Kier alpha value is -1.43. The SMILES string of the molecule is CC(C)(C)ON1C(c2ccccc2)C(C(=O)O)OC1(C)C. The van der Waals surface area contributed by atoms with Gasteiger partial charge in [0.2, 0.25) is 0 Å². The highest BCUT2D eigenvalue weighted by molar-refractivity contribution is 5.74. The van der Waals surface area contributed by atoms with Gasteiger partial charge < -0.3 is 9.84 Å². The van der Waals surface area contributed by atoms with Crippen molar-refractivity contribution >= 4 is 5.97 Å². The Kier molecular flexibility index (Phi) is 4.10. The minimum absolute atomic E-state index is 0.443. The van der Waals surface area contributed by atoms with Crippen LogP contribution in [0.2, 0.25) is 0 Å². The summed E-state index contributed by atoms with van der Waals surface area (Å²) in [5.74, 6) is -0.989. The molecule has 0 bridgehead atoms. The average molecular weight is 293 g/mol. The third-order valence-electron chi connectivity index (χ3n) is 3.24. The Morgan fingerprint density at radius 3 is 2.33 bits per heavy atom. The lowest BCUT2D eigenvalue weighted by atomic mass is 10.0. The highest BCUT2D eigenvalue weighted by atomic mass is 16.8. The first-order chi connectivity index (χ1) is 9.62. The first-order valence-electron chi connectivity index (χ1n) is 7.06. The molecule has 2 unspecified atom stereocenters. The van der Waals surface area contributed by atoms with Crippen molar-refractivity contribution in [1.82, 2.24) is 5.06 Å². The van der Waals surface area contributed by atoms with E-state index < -0.39 is 29.4 Å². The maximum Gasteiger partial charge on any atom is 0.335 e. The quantitative estimate of drug-likeness (QED) is 0.928. The van der Waals surface area contributed by atoms with Crippen LogP contribution in [0.5, 0.6) is 0 Å². The molecule has 0 radical (unpaired) electrons. The lowest BCUT2D eigenvalue weighted by Crippen LogP contribution is -2.45. The van der Waals surface area contributed by atoms with Crippen molar-refractivity contribution in [2.75, 3.05) is 0 Å². The topological polar surface area (TPSA) is 59.0 Å². The predicted octanol–water partition coefficient (Wildman–Crippen LogP) is 2.98. The summed E-state index contributed by atoms with van der Waals surface area (Å²) in [7, 11) is 0. The number of benzene rings is 1. The van der Waals surface area contributed by atoms with E-state index in [0.29, 0.717) is 0 Å². The number of aliphatic carboxylic acids is 1. The summed E-state index contributed by atoms with van der Waals surface area (Å²) in [6.07, 6.45) is -0.968. The monoisotopic (exact) mass is 293 g/mol. The summed E-state index contributed by atoms with van der Waals surface area (Å²) in [5.41, 5.74) is -0.405. The third kappa shape index (κ3) is 3.43. The summed E-state index contributed by atoms with van der Waals surface area (Å²) in [5, 5.41) is 11.2. The number of nitrogens with zero attached hydrogens (tertiary/aromatic N) is 1. The van der Waals surface area contributed by atoms with E-state index in [2.05, 4.69) is 0 Å². The van der Waals surface area contributed by atoms with Gasteiger partial charge in [0.25, 0.3) is 0 Å². The zero-order valence-electron chi connectivity index (χ0n) is 13.2. The number of hydrogen-bond donors (Lipinski definition) is 1. The van der Waals surface area contributed by atoms with Crippen molar-refractivity contribution in [3.63, 3.8) is 0 Å². The molecule has 1 aliphatic heterocycles. The molecule has 0 saturated carbocycles. The Morgan fingerprint density at radius 1 is 1.29 bits per heavy atom. The van der Waals surface area contributed by atoms with Gasteiger partial charge in [0.05, 0.1) is 5.60 Å². The van der Waals surface area contributed by atoms with E-state index in [0.717, 1.165) is 5.56 Å². The number of carbonyl (C=O) groups is 1. The number of carboxylic acids is 1. The molecule has 0 aliphatic carbocycles. The summed E-state index contributed by atoms with van der Waals surface area (Å²) in [4.78, 5) is 17.6. The summed E-state index contributed by atoms with van der Waals surface area (Å²) in [6.45, 7) is 9.42. The molecular formula is C16H23NO4. The number of ether oxygens (including phenoxy) is 1. The molecule has 5 nitrogen and oxygen atoms in total. The van der Waals surface area contributed by atoms with Crippen LogP contribution in [0.4, 0.5) is 0 Å². The second-order valence-corrected chi connectivity index (χ2v) is 6.71. The van der Waals surface area contributed by atoms with Crippen LogP contribution in [-0.2, 0) is 14.4 Å². The minimum atomic E-state index is -0.989. The van der Waals surface area contributed by atoms with Crippen molar-refractivity contribution in [1.29, 1.82) is 0 Å². The summed E-state index contributed by atoms with van der Waals surface area (Å²) < 4.78 is 5.74. The molecule has 116 valence electrons. The van der Waals surface area contributed by atoms with E-state index in [1.807, 2.05) is 65.0 Å². The largest absolute Gasteiger partial charge is 0.479 e. The normalized spacial score (nSPS) is 26.0. The summed E-state index contributed by atoms with van der Waals surface area (Å²) >= 11 is 0. The number of rotatable bonds is 3. The molecule has 5 heteroatoms. The van der Waals surface area contributed by atoms with Crippen molar-refractivity contribution in [2.24, 2.45) is 0 Å². The van der Waals surface area contributed by atoms with Gasteiger partial charge in [-0.15, -0.1) is 5.06 Å². The lowest BCUT2D eigenvalue weighted by Gasteiger charge is -2.37. The molecule has 2 rings (SSSR count). The highest BCUT2D eigenvalue weighted by Gasteiger charge is 2.53. The third-order valence-corrected chi connectivity index (χ3v) is 3.24. The van der Waals surface area contributed by atoms with Crippen LogP contribution in [0.3, 0.4) is 0 Å². The van der Waals surface area contributed by atoms with Crippen LogP contribution >= 0.6 is 0 Å². The standard InChI is InChI=1S/C16H23NO4/c1-15(2,3)21-17-12(11-9-7-6-8-10-11)13(14(18)19)20-16(17,4)5/h6-10,12-13H,1-5H3,(H,18,19). The lowest BCUT2D eigenvalue weighted by molar-refractivity contribution is -0.304. The van der Waals surface area contributed by atoms with Crippen LogP contribution in [0.25, 0.3) is 0 Å². The molecule has 1 fully saturated rings. The molecule has 1 aromatic carbocycles. The van der Waals surface area contributed by atoms with Crippen LogP contribution in [0.1, 0.15) is 46.2 Å². The fourth-order valence-electron chi connectivity index (χ4n) is 2.49. The molecule has 1 heterocycles. The zero-order valence-corrected chi connectivity index (χ0v) is 13.2. The molecule has 0 spiro atoms. The molecule has 1 saturated heterocycles. The predicted molar refractivity (Wildman–Crippen MR) is 78.4 cm³/mol. The first kappa shape index (κ1) is 15.9.